The van der Waals surface area contributed by atoms with Crippen LogP contribution >= 0.6 is 11.6 Å². The quantitative estimate of drug-likeness (QED) is 0.826. The Bertz CT molecular complexity index is 352. The summed E-state index contributed by atoms with van der Waals surface area (Å²) in [6.45, 7) is 6.93. The normalized spacial score (nSPS) is 14.6. The van der Waals surface area contributed by atoms with Gasteiger partial charge in [-0.25, -0.2) is 0 Å². The van der Waals surface area contributed by atoms with Crippen molar-refractivity contribution in [2.75, 3.05) is 11.9 Å². The van der Waals surface area contributed by atoms with E-state index in [0.717, 1.165) is 29.1 Å². The molecule has 0 fully saturated rings. The van der Waals surface area contributed by atoms with Gasteiger partial charge in [0.25, 0.3) is 0 Å². The van der Waals surface area contributed by atoms with E-state index in [0.29, 0.717) is 6.54 Å². The lowest BCUT2D eigenvalue weighted by Crippen LogP contribution is -2.42. The SMILES string of the molecule is CCCC(C)(CN)Nc1ccc(C)c(Cl)c1. The van der Waals surface area contributed by atoms with Crippen LogP contribution in [-0.2, 0) is 0 Å². The summed E-state index contributed by atoms with van der Waals surface area (Å²) in [5.74, 6) is 0. The second-order valence-corrected chi connectivity index (χ2v) is 5.01. The molecule has 3 N–H and O–H groups in total. The fourth-order valence-corrected chi connectivity index (χ4v) is 1.97. The molecule has 1 unspecified atom stereocenters. The molecule has 1 aromatic carbocycles. The van der Waals surface area contributed by atoms with Gasteiger partial charge in [-0.3, -0.25) is 0 Å². The molecule has 0 amide bonds. The molecule has 1 atom stereocenters. The van der Waals surface area contributed by atoms with Crippen molar-refractivity contribution in [1.29, 1.82) is 0 Å². The van der Waals surface area contributed by atoms with Gasteiger partial charge < -0.3 is 11.1 Å². The van der Waals surface area contributed by atoms with E-state index in [1.165, 1.54) is 0 Å². The van der Waals surface area contributed by atoms with Crippen LogP contribution in [0.3, 0.4) is 0 Å². The summed E-state index contributed by atoms with van der Waals surface area (Å²) in [4.78, 5) is 0. The number of anilines is 1. The number of aryl methyl sites for hydroxylation is 1. The lowest BCUT2D eigenvalue weighted by Gasteiger charge is -2.30. The molecule has 0 radical (unpaired) electrons. The number of nitrogens with two attached hydrogens (primary N) is 1. The summed E-state index contributed by atoms with van der Waals surface area (Å²) < 4.78 is 0. The highest BCUT2D eigenvalue weighted by atomic mass is 35.5. The van der Waals surface area contributed by atoms with E-state index in [9.17, 15) is 0 Å². The third-order valence-corrected chi connectivity index (χ3v) is 3.28. The molecule has 1 aromatic rings. The summed E-state index contributed by atoms with van der Waals surface area (Å²) >= 11 is 6.09. The van der Waals surface area contributed by atoms with Crippen LogP contribution < -0.4 is 11.1 Å². The van der Waals surface area contributed by atoms with Gasteiger partial charge in [0.05, 0.1) is 0 Å². The second-order valence-electron chi connectivity index (χ2n) is 4.60. The minimum Gasteiger partial charge on any atom is -0.379 e. The van der Waals surface area contributed by atoms with Crippen LogP contribution in [0.5, 0.6) is 0 Å². The monoisotopic (exact) mass is 240 g/mol. The standard InChI is InChI=1S/C13H21ClN2/c1-4-7-13(3,9-15)16-11-6-5-10(2)12(14)8-11/h5-6,8,16H,4,7,9,15H2,1-3H3. The molecule has 0 aliphatic carbocycles. The van der Waals surface area contributed by atoms with Crippen LogP contribution in [0.25, 0.3) is 0 Å². The molecule has 0 aliphatic rings. The summed E-state index contributed by atoms with van der Waals surface area (Å²) in [5, 5.41) is 4.26. The minimum absolute atomic E-state index is 0.0483. The van der Waals surface area contributed by atoms with Gasteiger partial charge in [0.15, 0.2) is 0 Å². The van der Waals surface area contributed by atoms with Crippen molar-refractivity contribution in [2.24, 2.45) is 5.73 Å². The van der Waals surface area contributed by atoms with Gasteiger partial charge in [0.1, 0.15) is 0 Å². The average Bonchev–Trinajstić information content (AvgIpc) is 2.24. The van der Waals surface area contributed by atoms with Gasteiger partial charge in [-0.1, -0.05) is 31.0 Å². The minimum atomic E-state index is -0.0483. The molecule has 2 nitrogen and oxygen atoms in total. The van der Waals surface area contributed by atoms with Crippen LogP contribution in [-0.4, -0.2) is 12.1 Å². The van der Waals surface area contributed by atoms with Crippen molar-refractivity contribution in [3.8, 4) is 0 Å². The number of nitrogens with one attached hydrogen (secondary N) is 1. The molecular weight excluding hydrogens is 220 g/mol. The van der Waals surface area contributed by atoms with Crippen LogP contribution in [0.2, 0.25) is 5.02 Å². The Morgan fingerprint density at radius 2 is 2.12 bits per heavy atom. The molecule has 0 bridgehead atoms. The number of benzene rings is 1. The summed E-state index contributed by atoms with van der Waals surface area (Å²) in [7, 11) is 0. The second kappa shape index (κ2) is 5.55. The number of halogens is 1. The molecule has 0 saturated carbocycles. The lowest BCUT2D eigenvalue weighted by molar-refractivity contribution is 0.476. The zero-order chi connectivity index (χ0) is 12.2. The van der Waals surface area contributed by atoms with Crippen molar-refractivity contribution in [2.45, 2.75) is 39.2 Å². The summed E-state index contributed by atoms with van der Waals surface area (Å²) in [6, 6.07) is 6.03. The number of rotatable bonds is 5. The third-order valence-electron chi connectivity index (χ3n) is 2.87. The van der Waals surface area contributed by atoms with Gasteiger partial charge in [0.2, 0.25) is 0 Å². The fourth-order valence-electron chi connectivity index (χ4n) is 1.79. The first-order chi connectivity index (χ1) is 7.50. The Kier molecular flexibility index (Phi) is 4.63. The molecule has 0 aromatic heterocycles. The summed E-state index contributed by atoms with van der Waals surface area (Å²) in [6.07, 6.45) is 2.16. The van der Waals surface area contributed by atoms with Crippen molar-refractivity contribution >= 4 is 17.3 Å². The van der Waals surface area contributed by atoms with Crippen molar-refractivity contribution in [3.63, 3.8) is 0 Å². The van der Waals surface area contributed by atoms with E-state index in [-0.39, 0.29) is 5.54 Å². The van der Waals surface area contributed by atoms with Crippen LogP contribution in [0, 0.1) is 6.92 Å². The first-order valence-corrected chi connectivity index (χ1v) is 6.13. The molecule has 0 aliphatic heterocycles. The Balaban J connectivity index is 2.81. The number of hydrogen-bond donors (Lipinski definition) is 2. The molecular formula is C13H21ClN2. The fraction of sp³-hybridized carbons (Fsp3) is 0.538. The topological polar surface area (TPSA) is 38.0 Å². The van der Waals surface area contributed by atoms with Gasteiger partial charge in [0, 0.05) is 22.8 Å². The molecule has 3 heteroatoms. The van der Waals surface area contributed by atoms with Gasteiger partial charge in [-0.15, -0.1) is 0 Å². The van der Waals surface area contributed by atoms with E-state index in [4.69, 9.17) is 17.3 Å². The molecule has 0 spiro atoms. The highest BCUT2D eigenvalue weighted by Gasteiger charge is 2.20. The van der Waals surface area contributed by atoms with Crippen molar-refractivity contribution in [1.82, 2.24) is 0 Å². The molecule has 0 heterocycles. The van der Waals surface area contributed by atoms with Gasteiger partial charge in [-0.2, -0.15) is 0 Å². The molecule has 1 rings (SSSR count). The Labute approximate surface area is 103 Å². The molecule has 90 valence electrons. The Hall–Kier alpha value is -0.730. The van der Waals surface area contributed by atoms with Crippen molar-refractivity contribution < 1.29 is 0 Å². The molecule has 16 heavy (non-hydrogen) atoms. The molecule has 0 saturated heterocycles. The smallest absolute Gasteiger partial charge is 0.0467 e. The van der Waals surface area contributed by atoms with Gasteiger partial charge in [-0.05, 0) is 38.0 Å². The lowest BCUT2D eigenvalue weighted by atomic mass is 9.96. The Morgan fingerprint density at radius 1 is 1.44 bits per heavy atom. The predicted molar refractivity (Wildman–Crippen MR) is 72.2 cm³/mol. The van der Waals surface area contributed by atoms with Crippen LogP contribution in [0.1, 0.15) is 32.3 Å². The van der Waals surface area contributed by atoms with E-state index < -0.39 is 0 Å². The zero-order valence-corrected chi connectivity index (χ0v) is 11.1. The highest BCUT2D eigenvalue weighted by molar-refractivity contribution is 6.31. The first kappa shape index (κ1) is 13.3. The maximum Gasteiger partial charge on any atom is 0.0467 e. The third kappa shape index (κ3) is 3.39. The zero-order valence-electron chi connectivity index (χ0n) is 10.3. The van der Waals surface area contributed by atoms with E-state index in [1.807, 2.05) is 25.1 Å². The van der Waals surface area contributed by atoms with Crippen molar-refractivity contribution in [3.05, 3.63) is 28.8 Å². The summed E-state index contributed by atoms with van der Waals surface area (Å²) in [5.41, 5.74) is 7.90. The average molecular weight is 241 g/mol. The first-order valence-electron chi connectivity index (χ1n) is 5.75. The van der Waals surface area contributed by atoms with Crippen LogP contribution in [0.15, 0.2) is 18.2 Å². The largest absolute Gasteiger partial charge is 0.379 e. The van der Waals surface area contributed by atoms with E-state index in [1.54, 1.807) is 0 Å². The highest BCUT2D eigenvalue weighted by Crippen LogP contribution is 2.24. The maximum absolute atomic E-state index is 6.09. The Morgan fingerprint density at radius 3 is 2.62 bits per heavy atom. The van der Waals surface area contributed by atoms with E-state index >= 15 is 0 Å². The number of hydrogen-bond acceptors (Lipinski definition) is 2. The van der Waals surface area contributed by atoms with Gasteiger partial charge >= 0.3 is 0 Å². The predicted octanol–water partition coefficient (Wildman–Crippen LogP) is 3.58. The maximum atomic E-state index is 6.09. The van der Waals surface area contributed by atoms with E-state index in [2.05, 4.69) is 19.2 Å². The van der Waals surface area contributed by atoms with Crippen LogP contribution in [0.4, 0.5) is 5.69 Å².